The van der Waals surface area contributed by atoms with E-state index in [0.29, 0.717) is 5.16 Å². The summed E-state index contributed by atoms with van der Waals surface area (Å²) >= 11 is 1.42. The number of nitrogens with one attached hydrogen (secondary N) is 1. The molecule has 2 atom stereocenters. The molecule has 6 nitrogen and oxygen atoms in total. The lowest BCUT2D eigenvalue weighted by molar-refractivity contribution is -0.121. The highest BCUT2D eigenvalue weighted by Crippen LogP contribution is 2.31. The minimum atomic E-state index is -0.268. The fourth-order valence-electron chi connectivity index (χ4n) is 3.67. The van der Waals surface area contributed by atoms with Gasteiger partial charge < -0.3 is 14.3 Å². The first-order chi connectivity index (χ1) is 13.5. The van der Waals surface area contributed by atoms with Gasteiger partial charge in [0.05, 0.1) is 23.1 Å². The third-order valence-electron chi connectivity index (χ3n) is 5.27. The first kappa shape index (κ1) is 18.8. The van der Waals surface area contributed by atoms with Crippen LogP contribution >= 0.6 is 11.8 Å². The summed E-state index contributed by atoms with van der Waals surface area (Å²) in [6.45, 7) is 3.81. The van der Waals surface area contributed by atoms with Gasteiger partial charge in [-0.3, -0.25) is 4.79 Å². The van der Waals surface area contributed by atoms with Gasteiger partial charge in [0.15, 0.2) is 11.0 Å². The molecular formula is C21H24N4O2S. The monoisotopic (exact) mass is 396 g/mol. The largest absolute Gasteiger partial charge is 0.469 e. The van der Waals surface area contributed by atoms with Crippen LogP contribution in [0.4, 0.5) is 0 Å². The Balaban J connectivity index is 1.45. The summed E-state index contributed by atoms with van der Waals surface area (Å²) in [7, 11) is 1.91. The average molecular weight is 397 g/mol. The second kappa shape index (κ2) is 7.83. The van der Waals surface area contributed by atoms with E-state index >= 15 is 0 Å². The van der Waals surface area contributed by atoms with Gasteiger partial charge in [-0.25, -0.2) is 0 Å². The van der Waals surface area contributed by atoms with Crippen molar-refractivity contribution in [3.05, 3.63) is 53.5 Å². The molecule has 0 radical (unpaired) electrons. The molecule has 0 fully saturated rings. The molecule has 0 unspecified atom stereocenters. The van der Waals surface area contributed by atoms with Gasteiger partial charge in [0.1, 0.15) is 5.76 Å². The first-order valence-corrected chi connectivity index (χ1v) is 10.4. The van der Waals surface area contributed by atoms with E-state index in [2.05, 4.69) is 33.7 Å². The Morgan fingerprint density at radius 1 is 1.32 bits per heavy atom. The van der Waals surface area contributed by atoms with Crippen molar-refractivity contribution in [2.24, 2.45) is 7.05 Å². The Morgan fingerprint density at radius 2 is 2.14 bits per heavy atom. The van der Waals surface area contributed by atoms with E-state index in [1.165, 1.54) is 22.9 Å². The molecular weight excluding hydrogens is 372 g/mol. The molecule has 4 rings (SSSR count). The van der Waals surface area contributed by atoms with E-state index in [1.807, 2.05) is 37.6 Å². The van der Waals surface area contributed by atoms with Crippen LogP contribution in [0.1, 0.15) is 42.7 Å². The number of thioether (sulfide) groups is 1. The maximum atomic E-state index is 12.8. The minimum Gasteiger partial charge on any atom is -0.469 e. The van der Waals surface area contributed by atoms with Crippen LogP contribution in [0.3, 0.4) is 0 Å². The minimum absolute atomic E-state index is 0.0238. The lowest BCUT2D eigenvalue weighted by atomic mass is 9.88. The van der Waals surface area contributed by atoms with Gasteiger partial charge in [0.25, 0.3) is 0 Å². The normalized spacial score (nSPS) is 17.2. The van der Waals surface area contributed by atoms with E-state index in [-0.39, 0.29) is 17.2 Å². The highest BCUT2D eigenvalue weighted by Gasteiger charge is 2.25. The van der Waals surface area contributed by atoms with E-state index in [4.69, 9.17) is 4.42 Å². The van der Waals surface area contributed by atoms with Crippen LogP contribution in [-0.4, -0.2) is 25.9 Å². The van der Waals surface area contributed by atoms with Crippen LogP contribution in [0.25, 0.3) is 11.4 Å². The Bertz CT molecular complexity index is 994. The molecule has 2 aromatic heterocycles. The summed E-state index contributed by atoms with van der Waals surface area (Å²) in [5, 5.41) is 12.2. The van der Waals surface area contributed by atoms with Crippen molar-refractivity contribution < 1.29 is 9.21 Å². The summed E-state index contributed by atoms with van der Waals surface area (Å²) in [4.78, 5) is 12.8. The summed E-state index contributed by atoms with van der Waals surface area (Å²) < 4.78 is 7.27. The van der Waals surface area contributed by atoms with Crippen molar-refractivity contribution in [3.8, 4) is 11.4 Å². The van der Waals surface area contributed by atoms with Crippen LogP contribution in [0.5, 0.6) is 0 Å². The molecule has 3 aromatic rings. The summed E-state index contributed by atoms with van der Waals surface area (Å²) in [6.07, 6.45) is 4.81. The number of nitrogens with zero attached hydrogens (tertiary/aromatic N) is 3. The number of rotatable bonds is 5. The van der Waals surface area contributed by atoms with E-state index in [9.17, 15) is 4.79 Å². The molecule has 0 aliphatic heterocycles. The molecule has 1 aliphatic carbocycles. The summed E-state index contributed by atoms with van der Waals surface area (Å²) in [5.41, 5.74) is 3.50. The van der Waals surface area contributed by atoms with Gasteiger partial charge in [-0.2, -0.15) is 0 Å². The van der Waals surface area contributed by atoms with Crippen LogP contribution in [0, 0.1) is 6.92 Å². The van der Waals surface area contributed by atoms with Gasteiger partial charge >= 0.3 is 0 Å². The van der Waals surface area contributed by atoms with Crippen molar-refractivity contribution in [2.75, 3.05) is 0 Å². The zero-order chi connectivity index (χ0) is 19.7. The SMILES string of the molecule is Cc1occc1-c1nnc(S[C@H](C)C(=O)N[C@H]2CCCc3ccccc32)n1C. The van der Waals surface area contributed by atoms with Gasteiger partial charge in [0.2, 0.25) is 5.91 Å². The molecule has 0 saturated heterocycles. The van der Waals surface area contributed by atoms with Crippen molar-refractivity contribution in [1.82, 2.24) is 20.1 Å². The molecule has 1 amide bonds. The van der Waals surface area contributed by atoms with Gasteiger partial charge in [-0.05, 0) is 50.3 Å². The fourth-order valence-corrected chi connectivity index (χ4v) is 4.50. The number of hydrogen-bond acceptors (Lipinski definition) is 5. The number of amides is 1. The number of carbonyl (C=O) groups is 1. The lowest BCUT2D eigenvalue weighted by Crippen LogP contribution is -2.36. The van der Waals surface area contributed by atoms with Gasteiger partial charge in [-0.1, -0.05) is 36.0 Å². The molecule has 0 spiro atoms. The zero-order valence-electron chi connectivity index (χ0n) is 16.3. The van der Waals surface area contributed by atoms with Crippen molar-refractivity contribution in [3.63, 3.8) is 0 Å². The molecule has 0 bridgehead atoms. The quantitative estimate of drug-likeness (QED) is 0.659. The molecule has 7 heteroatoms. The van der Waals surface area contributed by atoms with Crippen LogP contribution < -0.4 is 5.32 Å². The topological polar surface area (TPSA) is 72.9 Å². The van der Waals surface area contributed by atoms with E-state index in [1.54, 1.807) is 6.26 Å². The van der Waals surface area contributed by atoms with Crippen LogP contribution in [0.2, 0.25) is 0 Å². The second-order valence-electron chi connectivity index (χ2n) is 7.17. The Kier molecular flexibility index (Phi) is 5.26. The van der Waals surface area contributed by atoms with Crippen molar-refractivity contribution in [1.29, 1.82) is 0 Å². The molecule has 28 heavy (non-hydrogen) atoms. The maximum absolute atomic E-state index is 12.8. The fraction of sp³-hybridized carbons (Fsp3) is 0.381. The molecule has 146 valence electrons. The predicted molar refractivity (Wildman–Crippen MR) is 109 cm³/mol. The van der Waals surface area contributed by atoms with E-state index in [0.717, 1.165) is 36.4 Å². The number of carbonyl (C=O) groups excluding carboxylic acids is 1. The van der Waals surface area contributed by atoms with Crippen molar-refractivity contribution in [2.45, 2.75) is 49.6 Å². The number of fused-ring (bicyclic) bond motifs is 1. The molecule has 1 aliphatic rings. The Morgan fingerprint density at radius 3 is 2.93 bits per heavy atom. The number of aryl methyl sites for hydroxylation is 2. The maximum Gasteiger partial charge on any atom is 0.233 e. The lowest BCUT2D eigenvalue weighted by Gasteiger charge is -2.27. The number of benzene rings is 1. The molecule has 2 heterocycles. The number of hydrogen-bond donors (Lipinski definition) is 1. The number of aromatic nitrogens is 3. The Labute approximate surface area is 168 Å². The number of furan rings is 1. The van der Waals surface area contributed by atoms with E-state index < -0.39 is 0 Å². The average Bonchev–Trinajstić information content (AvgIpc) is 3.27. The highest BCUT2D eigenvalue weighted by molar-refractivity contribution is 8.00. The van der Waals surface area contributed by atoms with Crippen LogP contribution in [-0.2, 0) is 18.3 Å². The summed E-state index contributed by atoms with van der Waals surface area (Å²) in [5.74, 6) is 1.56. The van der Waals surface area contributed by atoms with Crippen molar-refractivity contribution >= 4 is 17.7 Å². The smallest absolute Gasteiger partial charge is 0.233 e. The Hall–Kier alpha value is -2.54. The van der Waals surface area contributed by atoms with Crippen LogP contribution in [0.15, 0.2) is 46.2 Å². The predicted octanol–water partition coefficient (Wildman–Crippen LogP) is 4.06. The zero-order valence-corrected chi connectivity index (χ0v) is 17.1. The second-order valence-corrected chi connectivity index (χ2v) is 8.48. The summed E-state index contributed by atoms with van der Waals surface area (Å²) in [6, 6.07) is 10.4. The molecule has 1 N–H and O–H groups in total. The van der Waals surface area contributed by atoms with Gasteiger partial charge in [0, 0.05) is 7.05 Å². The van der Waals surface area contributed by atoms with Gasteiger partial charge in [-0.15, -0.1) is 10.2 Å². The highest BCUT2D eigenvalue weighted by atomic mass is 32.2. The standard InChI is InChI=1S/C21H24N4O2S/c1-13-16(11-12-27-13)19-23-24-21(25(19)3)28-14(2)20(26)22-18-10-6-8-15-7-4-5-9-17(15)18/h4-5,7,9,11-12,14,18H,6,8,10H2,1-3H3,(H,22,26)/t14-,18+/m1/s1. The third-order valence-corrected chi connectivity index (χ3v) is 6.41. The first-order valence-electron chi connectivity index (χ1n) is 9.53. The molecule has 1 aromatic carbocycles. The third kappa shape index (κ3) is 3.58. The molecule has 0 saturated carbocycles.